The predicted octanol–water partition coefficient (Wildman–Crippen LogP) is 11.2. The van der Waals surface area contributed by atoms with E-state index in [9.17, 15) is 14.4 Å². The smallest absolute Gasteiger partial charge is 0.338 e. The van der Waals surface area contributed by atoms with Crippen LogP contribution in [0.2, 0.25) is 18.1 Å². The number of ether oxygens (including phenoxy) is 12. The molecule has 0 N–H and O–H groups in total. The van der Waals surface area contributed by atoms with E-state index in [1.54, 1.807) is 84.9 Å². The molecule has 6 aliphatic heterocycles. The summed E-state index contributed by atoms with van der Waals surface area (Å²) < 4.78 is 88.6. The number of rotatable bonds is 25. The first kappa shape index (κ1) is 82.3. The van der Waals surface area contributed by atoms with Crippen molar-refractivity contribution in [2.75, 3.05) is 26.9 Å². The molecule has 15 atom stereocenters. The third kappa shape index (κ3) is 16.5. The number of carbonyl (C=O) groups excluding carboxylic acids is 12. The fourth-order valence-corrected chi connectivity index (χ4v) is 16.5. The summed E-state index contributed by atoms with van der Waals surface area (Å²) >= 11 is 0. The second-order valence-electron chi connectivity index (χ2n) is 30.6. The van der Waals surface area contributed by atoms with Crippen LogP contribution in [0.3, 0.4) is 0 Å². The van der Waals surface area contributed by atoms with Crippen molar-refractivity contribution in [3.63, 3.8) is 0 Å². The van der Waals surface area contributed by atoms with Gasteiger partial charge in [-0.2, -0.15) is 0 Å². The van der Waals surface area contributed by atoms with E-state index in [0.29, 0.717) is 4.90 Å². The first-order chi connectivity index (χ1) is 57.9. The summed E-state index contributed by atoms with van der Waals surface area (Å²) in [7, 11) is -2.16. The molecule has 9 aromatic carbocycles. The second-order valence-corrected chi connectivity index (χ2v) is 35.3. The van der Waals surface area contributed by atoms with E-state index in [1.807, 2.05) is 33.9 Å². The number of esters is 6. The van der Waals surface area contributed by atoms with Crippen LogP contribution in [-0.4, -0.2) is 213 Å². The third-order valence-electron chi connectivity index (χ3n) is 22.2. The van der Waals surface area contributed by atoms with Gasteiger partial charge in [-0.1, -0.05) is 166 Å². The molecule has 6 aliphatic rings. The van der Waals surface area contributed by atoms with E-state index in [2.05, 4.69) is 0 Å². The normalized spacial score (nSPS) is 24.6. The lowest BCUT2D eigenvalue weighted by molar-refractivity contribution is -0.358. The highest BCUT2D eigenvalue weighted by Crippen LogP contribution is 2.46. The molecule has 6 amide bonds. The first-order valence-corrected chi connectivity index (χ1v) is 41.6. The van der Waals surface area contributed by atoms with Gasteiger partial charge in [-0.25, -0.2) is 28.8 Å². The first-order valence-electron chi connectivity index (χ1n) is 38.7. The number of hydrogen-bond donors (Lipinski definition) is 0. The zero-order valence-corrected chi connectivity index (χ0v) is 66.6. The van der Waals surface area contributed by atoms with Crippen LogP contribution in [-0.2, 0) is 61.3 Å². The van der Waals surface area contributed by atoms with Gasteiger partial charge in [0.05, 0.1) is 66.8 Å². The third-order valence-corrected chi connectivity index (χ3v) is 26.7. The van der Waals surface area contributed by atoms with Gasteiger partial charge in [0.1, 0.15) is 74.6 Å². The Labute approximate surface area is 689 Å². The highest BCUT2D eigenvalue weighted by Gasteiger charge is 2.65. The fourth-order valence-electron chi connectivity index (χ4n) is 15.2. The predicted molar refractivity (Wildman–Crippen MR) is 424 cm³/mol. The molecular formula is C91H81N3O25Si. The molecule has 3 fully saturated rings. The van der Waals surface area contributed by atoms with Crippen molar-refractivity contribution >= 4 is 79.6 Å². The Bertz CT molecular complexity index is 5290. The minimum Gasteiger partial charge on any atom is -0.459 e. The van der Waals surface area contributed by atoms with Gasteiger partial charge in [0, 0.05) is 7.11 Å². The van der Waals surface area contributed by atoms with Crippen molar-refractivity contribution < 1.29 is 119 Å². The standard InChI is InChI=1S/C91H81N3O25Si/c1-91(2,3)120(5,6)119-72-66(51-110-84(103)54-35-17-9-18-36-54)113-90(69(75(72)116-87(106)57-41-23-12-24-42-57)94-80(99)62-47-29-30-48-63(62)81(94)100)118-71-65(50-109-83(102)53-33-15-8-16-34-53)112-89(68(74(71)115-86(105)56-39-21-11-22-40-56)93-78(97)60-45-27-28-46-61(60)79(93)98)117-70-64(49-108-82(101)52-31-13-7-14-32-52)111-88(107-4)67(73(70)114-85(104)55-37-19-10-20-38-55)92-76(95)58-43-25-26-44-59(58)77(92)96/h7-48,64-75,88-90H,49-51H2,1-6H3/t64?,65?,66?,67?,68?,69?,70-,71?,72-,73-,74+,75-,88-,89-,90+/m0/s1. The molecule has 0 aliphatic carbocycles. The topological polar surface area (TPSA) is 335 Å². The molecule has 614 valence electrons. The molecule has 0 saturated carbocycles. The van der Waals surface area contributed by atoms with Crippen LogP contribution in [0, 0.1) is 0 Å². The molecule has 15 rings (SSSR count). The van der Waals surface area contributed by atoms with E-state index in [0.717, 1.165) is 9.80 Å². The molecule has 6 heterocycles. The number of carbonyl (C=O) groups is 12. The number of nitrogens with zero attached hydrogens (tertiary/aromatic N) is 3. The number of imide groups is 3. The van der Waals surface area contributed by atoms with Gasteiger partial charge in [-0.15, -0.1) is 0 Å². The maximum Gasteiger partial charge on any atom is 0.338 e. The quantitative estimate of drug-likeness (QED) is 0.0222. The van der Waals surface area contributed by atoms with Gasteiger partial charge in [0.15, 0.2) is 45.5 Å². The van der Waals surface area contributed by atoms with Gasteiger partial charge in [0.25, 0.3) is 35.4 Å². The van der Waals surface area contributed by atoms with E-state index >= 15 is 43.2 Å². The molecular weight excluding hydrogens is 1560 g/mol. The number of fused-ring (bicyclic) bond motifs is 3. The minimum absolute atomic E-state index is 0.0261. The van der Waals surface area contributed by atoms with E-state index in [1.165, 1.54) is 177 Å². The summed E-state index contributed by atoms with van der Waals surface area (Å²) in [6.07, 6.45) is -24.6. The lowest BCUT2D eigenvalue weighted by atomic mass is 9.91. The van der Waals surface area contributed by atoms with Gasteiger partial charge in [-0.3, -0.25) is 43.5 Å². The van der Waals surface area contributed by atoms with Crippen LogP contribution >= 0.6 is 0 Å². The molecule has 0 radical (unpaired) electrons. The lowest BCUT2D eigenvalue weighted by Gasteiger charge is -2.54. The number of benzene rings is 9. The molecule has 9 aromatic rings. The van der Waals surface area contributed by atoms with E-state index in [-0.39, 0.29) is 66.8 Å². The van der Waals surface area contributed by atoms with E-state index in [4.69, 9.17) is 61.3 Å². The number of amides is 6. The Hall–Kier alpha value is -12.8. The molecule has 3 saturated heterocycles. The van der Waals surface area contributed by atoms with Crippen LogP contribution in [0.25, 0.3) is 0 Å². The maximum atomic E-state index is 16.1. The number of methoxy groups -OCH3 is 1. The van der Waals surface area contributed by atoms with Crippen LogP contribution in [0.1, 0.15) is 145 Å². The average molecular weight is 1640 g/mol. The Morgan fingerprint density at radius 1 is 0.308 bits per heavy atom. The molecule has 7 unspecified atom stereocenters. The van der Waals surface area contributed by atoms with Gasteiger partial charge in [-0.05, 0) is 127 Å². The number of hydrogen-bond acceptors (Lipinski definition) is 25. The molecule has 0 bridgehead atoms. The fraction of sp³-hybridized carbons (Fsp3) is 0.275. The largest absolute Gasteiger partial charge is 0.459 e. The SMILES string of the molecule is CO[C@H]1OC(COC(=O)c2ccccc2)[C@H](O[C@@H]2OC(COC(=O)c3ccccc3)C(O[C@H]3OC(COC(=O)c4ccccc4)[C@H](O[Si](C)(C)C(C)(C)C)[C@@H](OC(=O)c4ccccc4)C3N3C(=O)c4ccccc4C3=O)[C@H](OC(=O)c3ccccc3)C2N2C(=O)c3ccccc3C2=O)[C@@H](OC(=O)c2ccccc2)C1N1C(=O)c2ccccc2C1=O. The molecule has 0 aromatic heterocycles. The highest BCUT2D eigenvalue weighted by atomic mass is 28.4. The Kier molecular flexibility index (Phi) is 24.0. The van der Waals surface area contributed by atoms with Crippen molar-refractivity contribution in [1.82, 2.24) is 14.7 Å². The van der Waals surface area contributed by atoms with Gasteiger partial charge < -0.3 is 61.3 Å². The second kappa shape index (κ2) is 35.0. The average Bonchev–Trinajstić information content (AvgIpc) is 1.62. The zero-order valence-electron chi connectivity index (χ0n) is 65.6. The summed E-state index contributed by atoms with van der Waals surface area (Å²) in [6.45, 7) is 6.82. The van der Waals surface area contributed by atoms with Gasteiger partial charge in [0.2, 0.25) is 0 Å². The van der Waals surface area contributed by atoms with Crippen molar-refractivity contribution in [3.8, 4) is 0 Å². The molecule has 0 spiro atoms. The lowest BCUT2D eigenvalue weighted by Crippen LogP contribution is -2.73. The van der Waals surface area contributed by atoms with Crippen LogP contribution in [0.15, 0.2) is 255 Å². The summed E-state index contributed by atoms with van der Waals surface area (Å²) in [5.74, 6) is -12.2. The van der Waals surface area contributed by atoms with Crippen LogP contribution < -0.4 is 0 Å². The summed E-state index contributed by atoms with van der Waals surface area (Å²) in [5.41, 5.74) is -1.06. The maximum absolute atomic E-state index is 16.1. The van der Waals surface area contributed by atoms with Crippen molar-refractivity contribution in [2.24, 2.45) is 0 Å². The summed E-state index contributed by atoms with van der Waals surface area (Å²) in [4.78, 5) is 187. The van der Waals surface area contributed by atoms with Crippen molar-refractivity contribution in [1.29, 1.82) is 0 Å². The Morgan fingerprint density at radius 2 is 0.525 bits per heavy atom. The highest BCUT2D eigenvalue weighted by molar-refractivity contribution is 6.74. The monoisotopic (exact) mass is 1640 g/mol. The Morgan fingerprint density at radius 3 is 0.775 bits per heavy atom. The minimum atomic E-state index is -3.33. The van der Waals surface area contributed by atoms with Gasteiger partial charge >= 0.3 is 35.8 Å². The van der Waals surface area contributed by atoms with Crippen LogP contribution in [0.5, 0.6) is 0 Å². The van der Waals surface area contributed by atoms with Crippen LogP contribution in [0.4, 0.5) is 0 Å². The van der Waals surface area contributed by atoms with Crippen molar-refractivity contribution in [2.45, 2.75) is 131 Å². The molecule has 120 heavy (non-hydrogen) atoms. The van der Waals surface area contributed by atoms with Crippen molar-refractivity contribution in [3.05, 3.63) is 322 Å². The summed E-state index contributed by atoms with van der Waals surface area (Å²) in [5, 5.41) is -0.691. The Balaban J connectivity index is 0.958. The molecule has 29 heteroatoms. The van der Waals surface area contributed by atoms with E-state index < -0.39 is 196 Å². The zero-order chi connectivity index (χ0) is 84.3. The summed E-state index contributed by atoms with van der Waals surface area (Å²) in [6, 6.07) is 56.7. The molecule has 28 nitrogen and oxygen atoms in total.